The fourth-order valence-electron chi connectivity index (χ4n) is 5.32. The van der Waals surface area contributed by atoms with Gasteiger partial charge in [0.15, 0.2) is 0 Å². The first-order valence-electron chi connectivity index (χ1n) is 12.2. The van der Waals surface area contributed by atoms with E-state index in [1.54, 1.807) is 60.2 Å². The van der Waals surface area contributed by atoms with Gasteiger partial charge in [-0.25, -0.2) is 4.39 Å². The molecule has 2 aliphatic heterocycles. The third kappa shape index (κ3) is 5.68. The van der Waals surface area contributed by atoms with Crippen LogP contribution in [0.4, 0.5) is 4.39 Å². The molecule has 36 heavy (non-hydrogen) atoms. The molecule has 2 unspecified atom stereocenters. The molecule has 2 fully saturated rings. The molecule has 2 atom stereocenters. The van der Waals surface area contributed by atoms with Crippen LogP contribution in [0.25, 0.3) is 0 Å². The predicted molar refractivity (Wildman–Crippen MR) is 138 cm³/mol. The first-order chi connectivity index (χ1) is 17.2. The summed E-state index contributed by atoms with van der Waals surface area (Å²) in [6, 6.07) is 11.1. The molecule has 0 saturated carbocycles. The molecule has 6 nitrogen and oxygen atoms in total. The van der Waals surface area contributed by atoms with E-state index in [4.69, 9.17) is 23.2 Å². The minimum Gasteiger partial charge on any atom is -0.343 e. The smallest absolute Gasteiger partial charge is 0.253 e. The van der Waals surface area contributed by atoms with E-state index in [0.29, 0.717) is 56.0 Å². The second-order valence-corrected chi connectivity index (χ2v) is 10.5. The average Bonchev–Trinajstić information content (AvgIpc) is 2.89. The summed E-state index contributed by atoms with van der Waals surface area (Å²) in [5, 5.41) is 0.562. The van der Waals surface area contributed by atoms with Crippen LogP contribution in [-0.2, 0) is 9.59 Å². The van der Waals surface area contributed by atoms with Crippen molar-refractivity contribution in [2.75, 3.05) is 33.2 Å². The molecule has 9 heteroatoms. The van der Waals surface area contributed by atoms with Crippen molar-refractivity contribution in [3.8, 4) is 0 Å². The summed E-state index contributed by atoms with van der Waals surface area (Å²) < 4.78 is 13.9. The molecule has 0 spiro atoms. The summed E-state index contributed by atoms with van der Waals surface area (Å²) in [6.45, 7) is 3.62. The Labute approximate surface area is 220 Å². The fraction of sp³-hybridized carbons (Fsp3) is 0.444. The van der Waals surface area contributed by atoms with Crippen molar-refractivity contribution in [2.45, 2.75) is 38.1 Å². The van der Waals surface area contributed by atoms with Crippen LogP contribution >= 0.6 is 23.2 Å². The SMILES string of the molecule is CC(=O)N1CCC(C(=O)N2CCC(N(C)C(=O)c3ccc(Cl)cc3)C(c3ccc(F)c(Cl)c3)C2)CC1. The molecule has 4 rings (SSSR count). The molecule has 0 N–H and O–H groups in total. The minimum atomic E-state index is -0.511. The van der Waals surface area contributed by atoms with E-state index in [-0.39, 0.29) is 40.6 Å². The van der Waals surface area contributed by atoms with E-state index in [1.807, 2.05) is 4.90 Å². The van der Waals surface area contributed by atoms with Gasteiger partial charge in [0.05, 0.1) is 5.02 Å². The highest BCUT2D eigenvalue weighted by Crippen LogP contribution is 2.34. The van der Waals surface area contributed by atoms with E-state index < -0.39 is 5.82 Å². The number of amides is 3. The van der Waals surface area contributed by atoms with Crippen LogP contribution < -0.4 is 0 Å². The number of benzene rings is 2. The highest BCUT2D eigenvalue weighted by atomic mass is 35.5. The Kier molecular flexibility index (Phi) is 8.20. The number of nitrogens with zero attached hydrogens (tertiary/aromatic N) is 3. The largest absolute Gasteiger partial charge is 0.343 e. The molecular formula is C27H30Cl2FN3O3. The van der Waals surface area contributed by atoms with Crippen molar-refractivity contribution in [1.82, 2.24) is 14.7 Å². The summed E-state index contributed by atoms with van der Waals surface area (Å²) in [4.78, 5) is 43.7. The van der Waals surface area contributed by atoms with Gasteiger partial charge in [-0.15, -0.1) is 0 Å². The van der Waals surface area contributed by atoms with Crippen LogP contribution in [0.3, 0.4) is 0 Å². The average molecular weight is 534 g/mol. The molecular weight excluding hydrogens is 504 g/mol. The molecule has 0 bridgehead atoms. The first-order valence-corrected chi connectivity index (χ1v) is 12.9. The van der Waals surface area contributed by atoms with E-state index in [1.165, 1.54) is 6.07 Å². The summed E-state index contributed by atoms with van der Waals surface area (Å²) >= 11 is 12.1. The quantitative estimate of drug-likeness (QED) is 0.564. The lowest BCUT2D eigenvalue weighted by molar-refractivity contribution is -0.141. The van der Waals surface area contributed by atoms with Gasteiger partial charge in [-0.2, -0.15) is 0 Å². The zero-order chi connectivity index (χ0) is 26.0. The topological polar surface area (TPSA) is 60.9 Å². The van der Waals surface area contributed by atoms with Crippen molar-refractivity contribution >= 4 is 40.9 Å². The van der Waals surface area contributed by atoms with Gasteiger partial charge >= 0.3 is 0 Å². The van der Waals surface area contributed by atoms with Crippen molar-refractivity contribution < 1.29 is 18.8 Å². The van der Waals surface area contributed by atoms with Crippen LogP contribution in [0.15, 0.2) is 42.5 Å². The van der Waals surface area contributed by atoms with Gasteiger partial charge in [-0.3, -0.25) is 14.4 Å². The molecule has 2 saturated heterocycles. The Bertz CT molecular complexity index is 1140. The summed E-state index contributed by atoms with van der Waals surface area (Å²) in [6.07, 6.45) is 1.86. The normalized spacial score (nSPS) is 20.8. The monoisotopic (exact) mass is 533 g/mol. The number of piperidine rings is 2. The van der Waals surface area contributed by atoms with E-state index in [0.717, 1.165) is 5.56 Å². The zero-order valence-corrected chi connectivity index (χ0v) is 21.9. The standard InChI is InChI=1S/C27H30Cl2FN3O3/c1-17(34)32-12-9-19(10-13-32)27(36)33-14-11-25(22(16-33)20-5-8-24(30)23(29)15-20)31(2)26(35)18-3-6-21(28)7-4-18/h3-8,15,19,22,25H,9-14,16H2,1-2H3. The highest BCUT2D eigenvalue weighted by Gasteiger charge is 2.39. The minimum absolute atomic E-state index is 0.0120. The van der Waals surface area contributed by atoms with Crippen molar-refractivity contribution in [3.05, 3.63) is 69.5 Å². The number of likely N-dealkylation sites (N-methyl/N-ethyl adjacent to an activating group) is 1. The maximum Gasteiger partial charge on any atom is 0.253 e. The highest BCUT2D eigenvalue weighted by molar-refractivity contribution is 6.31. The number of carbonyl (C=O) groups is 3. The molecule has 2 aromatic carbocycles. The Hall–Kier alpha value is -2.64. The number of halogens is 3. The molecule has 0 aromatic heterocycles. The number of hydrogen-bond acceptors (Lipinski definition) is 3. The Morgan fingerprint density at radius 2 is 1.58 bits per heavy atom. The van der Waals surface area contributed by atoms with Gasteiger partial charge in [0.25, 0.3) is 5.91 Å². The Morgan fingerprint density at radius 3 is 2.19 bits per heavy atom. The first kappa shape index (κ1) is 26.4. The van der Waals surface area contributed by atoms with E-state index >= 15 is 0 Å². The number of hydrogen-bond donors (Lipinski definition) is 0. The van der Waals surface area contributed by atoms with Crippen LogP contribution in [0, 0.1) is 11.7 Å². The summed E-state index contributed by atoms with van der Waals surface area (Å²) in [5.41, 5.74) is 1.31. The lowest BCUT2D eigenvalue weighted by Gasteiger charge is -2.44. The number of carbonyl (C=O) groups excluding carboxylic acids is 3. The second-order valence-electron chi connectivity index (χ2n) is 9.62. The van der Waals surface area contributed by atoms with Crippen LogP contribution in [0.5, 0.6) is 0 Å². The Balaban J connectivity index is 1.55. The number of rotatable bonds is 4. The van der Waals surface area contributed by atoms with E-state index in [9.17, 15) is 18.8 Å². The molecule has 2 heterocycles. The molecule has 3 amide bonds. The summed E-state index contributed by atoms with van der Waals surface area (Å²) in [5.74, 6) is -0.929. The molecule has 192 valence electrons. The van der Waals surface area contributed by atoms with Crippen molar-refractivity contribution in [1.29, 1.82) is 0 Å². The zero-order valence-electron chi connectivity index (χ0n) is 20.4. The van der Waals surface area contributed by atoms with Gasteiger partial charge in [-0.05, 0) is 61.2 Å². The van der Waals surface area contributed by atoms with Gasteiger partial charge in [0.1, 0.15) is 5.82 Å². The van der Waals surface area contributed by atoms with Gasteiger partial charge in [-0.1, -0.05) is 29.3 Å². The van der Waals surface area contributed by atoms with Gasteiger partial charge < -0.3 is 14.7 Å². The summed E-state index contributed by atoms with van der Waals surface area (Å²) in [7, 11) is 1.76. The predicted octanol–water partition coefficient (Wildman–Crippen LogP) is 4.85. The maximum absolute atomic E-state index is 13.9. The van der Waals surface area contributed by atoms with Gasteiger partial charge in [0, 0.05) is 68.6 Å². The lowest BCUT2D eigenvalue weighted by Crippen LogP contribution is -2.53. The number of likely N-dealkylation sites (tertiary alicyclic amines) is 2. The lowest BCUT2D eigenvalue weighted by atomic mass is 9.83. The third-order valence-corrected chi connectivity index (χ3v) is 8.00. The molecule has 0 aliphatic carbocycles. The van der Waals surface area contributed by atoms with Gasteiger partial charge in [0.2, 0.25) is 11.8 Å². The maximum atomic E-state index is 13.9. The van der Waals surface area contributed by atoms with Crippen LogP contribution in [0.2, 0.25) is 10.0 Å². The second kappa shape index (κ2) is 11.2. The molecule has 0 radical (unpaired) electrons. The molecule has 2 aromatic rings. The van der Waals surface area contributed by atoms with E-state index in [2.05, 4.69) is 0 Å². The fourth-order valence-corrected chi connectivity index (χ4v) is 5.64. The molecule has 2 aliphatic rings. The third-order valence-electron chi connectivity index (χ3n) is 7.46. The van der Waals surface area contributed by atoms with Crippen molar-refractivity contribution in [3.63, 3.8) is 0 Å². The van der Waals surface area contributed by atoms with Crippen molar-refractivity contribution in [2.24, 2.45) is 5.92 Å². The Morgan fingerprint density at radius 1 is 0.944 bits per heavy atom. The van der Waals surface area contributed by atoms with Crippen LogP contribution in [-0.4, -0.2) is 71.7 Å². The van der Waals surface area contributed by atoms with Crippen LogP contribution in [0.1, 0.15) is 48.0 Å².